The molecule has 1 aromatic carbocycles. The minimum atomic E-state index is 0.197. The molecular weight excluding hydrogens is 248 g/mol. The zero-order valence-electron chi connectivity index (χ0n) is 12.0. The molecule has 0 aliphatic carbocycles. The van der Waals surface area contributed by atoms with E-state index < -0.39 is 0 Å². The van der Waals surface area contributed by atoms with Crippen LogP contribution in [-0.2, 0) is 13.1 Å². The van der Waals surface area contributed by atoms with Gasteiger partial charge in [0, 0.05) is 30.4 Å². The van der Waals surface area contributed by atoms with E-state index in [1.807, 2.05) is 18.2 Å². The van der Waals surface area contributed by atoms with E-state index >= 15 is 0 Å². The molecule has 3 heteroatoms. The van der Waals surface area contributed by atoms with Gasteiger partial charge in [-0.25, -0.2) is 0 Å². The maximum atomic E-state index is 5.89. The van der Waals surface area contributed by atoms with Gasteiger partial charge in [-0.1, -0.05) is 18.2 Å². The molecule has 0 bridgehead atoms. The highest BCUT2D eigenvalue weighted by atomic mass is 16.3. The molecule has 0 radical (unpaired) electrons. The average Bonchev–Trinajstić information content (AvgIpc) is 3.10. The predicted octanol–water partition coefficient (Wildman–Crippen LogP) is 4.11. The van der Waals surface area contributed by atoms with Crippen molar-refractivity contribution < 1.29 is 4.42 Å². The Labute approximate surface area is 119 Å². The minimum absolute atomic E-state index is 0.197. The van der Waals surface area contributed by atoms with Gasteiger partial charge in [-0.05, 0) is 38.1 Å². The first-order valence-corrected chi connectivity index (χ1v) is 7.14. The van der Waals surface area contributed by atoms with Crippen LogP contribution in [0.3, 0.4) is 0 Å². The largest absolute Gasteiger partial charge is 0.459 e. The fourth-order valence-electron chi connectivity index (χ4n) is 2.49. The summed E-state index contributed by atoms with van der Waals surface area (Å²) >= 11 is 0. The molecule has 1 atom stereocenters. The number of hydrogen-bond acceptors (Lipinski definition) is 2. The lowest BCUT2D eigenvalue weighted by Crippen LogP contribution is -2.19. The van der Waals surface area contributed by atoms with Gasteiger partial charge in [0.2, 0.25) is 0 Å². The van der Waals surface area contributed by atoms with E-state index in [1.54, 1.807) is 0 Å². The SMILES string of the molecule is CCn1cccc1CNC(C)c1cc2ccccc2o1. The van der Waals surface area contributed by atoms with E-state index in [1.165, 1.54) is 5.69 Å². The van der Waals surface area contributed by atoms with Crippen molar-refractivity contribution >= 4 is 11.0 Å². The van der Waals surface area contributed by atoms with Crippen LogP contribution in [0.4, 0.5) is 0 Å². The lowest BCUT2D eigenvalue weighted by Gasteiger charge is -2.12. The van der Waals surface area contributed by atoms with Crippen LogP contribution in [0.5, 0.6) is 0 Å². The lowest BCUT2D eigenvalue weighted by molar-refractivity contribution is 0.445. The van der Waals surface area contributed by atoms with E-state index in [-0.39, 0.29) is 6.04 Å². The van der Waals surface area contributed by atoms with Gasteiger partial charge in [-0.2, -0.15) is 0 Å². The fraction of sp³-hybridized carbons (Fsp3) is 0.294. The van der Waals surface area contributed by atoms with E-state index in [9.17, 15) is 0 Å². The Kier molecular flexibility index (Phi) is 3.61. The number of aryl methyl sites for hydroxylation is 1. The van der Waals surface area contributed by atoms with Crippen LogP contribution in [0.1, 0.15) is 31.3 Å². The molecule has 3 aromatic rings. The van der Waals surface area contributed by atoms with Crippen LogP contribution in [0, 0.1) is 0 Å². The fourth-order valence-corrected chi connectivity index (χ4v) is 2.49. The highest BCUT2D eigenvalue weighted by molar-refractivity contribution is 5.77. The monoisotopic (exact) mass is 268 g/mol. The zero-order valence-corrected chi connectivity index (χ0v) is 12.0. The first-order chi connectivity index (χ1) is 9.78. The summed E-state index contributed by atoms with van der Waals surface area (Å²) in [6.07, 6.45) is 2.11. The summed E-state index contributed by atoms with van der Waals surface area (Å²) in [5.74, 6) is 0.987. The second-order valence-electron chi connectivity index (χ2n) is 5.07. The molecule has 2 heterocycles. The van der Waals surface area contributed by atoms with Gasteiger partial charge >= 0.3 is 0 Å². The van der Waals surface area contributed by atoms with Gasteiger partial charge in [0.1, 0.15) is 11.3 Å². The Morgan fingerprint density at radius 1 is 1.20 bits per heavy atom. The number of nitrogens with zero attached hydrogens (tertiary/aromatic N) is 1. The van der Waals surface area contributed by atoms with Crippen molar-refractivity contribution in [3.8, 4) is 0 Å². The molecule has 0 aliphatic heterocycles. The first kappa shape index (κ1) is 13.0. The summed E-state index contributed by atoms with van der Waals surface area (Å²) in [6.45, 7) is 6.14. The summed E-state index contributed by atoms with van der Waals surface area (Å²) in [5.41, 5.74) is 2.25. The van der Waals surface area contributed by atoms with Crippen molar-refractivity contribution in [2.75, 3.05) is 0 Å². The number of nitrogens with one attached hydrogen (secondary N) is 1. The van der Waals surface area contributed by atoms with Crippen LogP contribution in [0.25, 0.3) is 11.0 Å². The molecule has 3 rings (SSSR count). The van der Waals surface area contributed by atoms with Crippen LogP contribution in [-0.4, -0.2) is 4.57 Å². The van der Waals surface area contributed by atoms with Crippen LogP contribution >= 0.6 is 0 Å². The Bertz CT molecular complexity index is 663. The maximum Gasteiger partial charge on any atom is 0.134 e. The first-order valence-electron chi connectivity index (χ1n) is 7.14. The van der Waals surface area contributed by atoms with Crippen molar-refractivity contribution in [3.05, 3.63) is 60.1 Å². The molecule has 1 unspecified atom stereocenters. The molecule has 0 amide bonds. The number of furan rings is 1. The number of fused-ring (bicyclic) bond motifs is 1. The number of para-hydroxylation sites is 1. The maximum absolute atomic E-state index is 5.89. The van der Waals surface area contributed by atoms with Crippen molar-refractivity contribution in [3.63, 3.8) is 0 Å². The third-order valence-corrected chi connectivity index (χ3v) is 3.72. The van der Waals surface area contributed by atoms with E-state index in [0.29, 0.717) is 0 Å². The Balaban J connectivity index is 1.71. The number of rotatable bonds is 5. The van der Waals surface area contributed by atoms with E-state index in [2.05, 4.69) is 54.2 Å². The molecule has 0 fully saturated rings. The molecule has 0 saturated heterocycles. The normalized spacial score (nSPS) is 12.9. The Morgan fingerprint density at radius 3 is 2.85 bits per heavy atom. The molecule has 2 aromatic heterocycles. The summed E-state index contributed by atoms with van der Waals surface area (Å²) in [6, 6.07) is 14.7. The molecule has 1 N–H and O–H groups in total. The van der Waals surface area contributed by atoms with E-state index in [4.69, 9.17) is 4.42 Å². The van der Waals surface area contributed by atoms with Gasteiger partial charge in [0.25, 0.3) is 0 Å². The highest BCUT2D eigenvalue weighted by Gasteiger charge is 2.11. The van der Waals surface area contributed by atoms with Gasteiger partial charge < -0.3 is 14.3 Å². The van der Waals surface area contributed by atoms with Crippen LogP contribution in [0.15, 0.2) is 53.1 Å². The van der Waals surface area contributed by atoms with Gasteiger partial charge in [0.05, 0.1) is 6.04 Å². The summed E-state index contributed by atoms with van der Waals surface area (Å²) in [5, 5.41) is 4.68. The van der Waals surface area contributed by atoms with Gasteiger partial charge in [-0.15, -0.1) is 0 Å². The topological polar surface area (TPSA) is 30.1 Å². The molecule has 0 saturated carbocycles. The molecular formula is C17H20N2O. The van der Waals surface area contributed by atoms with Crippen molar-refractivity contribution in [1.82, 2.24) is 9.88 Å². The van der Waals surface area contributed by atoms with E-state index in [0.717, 1.165) is 29.8 Å². The summed E-state index contributed by atoms with van der Waals surface area (Å²) in [4.78, 5) is 0. The number of aromatic nitrogens is 1. The van der Waals surface area contributed by atoms with Crippen molar-refractivity contribution in [2.45, 2.75) is 33.0 Å². The smallest absolute Gasteiger partial charge is 0.134 e. The van der Waals surface area contributed by atoms with Crippen molar-refractivity contribution in [1.29, 1.82) is 0 Å². The molecule has 3 nitrogen and oxygen atoms in total. The Hall–Kier alpha value is -2.00. The van der Waals surface area contributed by atoms with Crippen LogP contribution < -0.4 is 5.32 Å². The van der Waals surface area contributed by atoms with Gasteiger partial charge in [0.15, 0.2) is 0 Å². The third kappa shape index (κ3) is 2.49. The standard InChI is InChI=1S/C17H20N2O/c1-3-19-10-6-8-15(19)12-18-13(2)17-11-14-7-4-5-9-16(14)20-17/h4-11,13,18H,3,12H2,1-2H3. The average molecular weight is 268 g/mol. The summed E-state index contributed by atoms with van der Waals surface area (Å²) in [7, 11) is 0. The minimum Gasteiger partial charge on any atom is -0.459 e. The summed E-state index contributed by atoms with van der Waals surface area (Å²) < 4.78 is 8.14. The highest BCUT2D eigenvalue weighted by Crippen LogP contribution is 2.23. The third-order valence-electron chi connectivity index (χ3n) is 3.72. The second kappa shape index (κ2) is 5.55. The second-order valence-corrected chi connectivity index (χ2v) is 5.07. The molecule has 0 aliphatic rings. The lowest BCUT2D eigenvalue weighted by atomic mass is 10.2. The number of benzene rings is 1. The molecule has 20 heavy (non-hydrogen) atoms. The quantitative estimate of drug-likeness (QED) is 0.755. The van der Waals surface area contributed by atoms with Gasteiger partial charge in [-0.3, -0.25) is 0 Å². The number of hydrogen-bond donors (Lipinski definition) is 1. The Morgan fingerprint density at radius 2 is 2.05 bits per heavy atom. The predicted molar refractivity (Wildman–Crippen MR) is 81.6 cm³/mol. The molecule has 0 spiro atoms. The van der Waals surface area contributed by atoms with Crippen LogP contribution in [0.2, 0.25) is 0 Å². The zero-order chi connectivity index (χ0) is 13.9. The molecule has 104 valence electrons. The van der Waals surface area contributed by atoms with Crippen molar-refractivity contribution in [2.24, 2.45) is 0 Å².